The Kier molecular flexibility index (Phi) is 4.70. The predicted molar refractivity (Wildman–Crippen MR) is 94.3 cm³/mol. The highest BCUT2D eigenvalue weighted by atomic mass is 16.5. The summed E-state index contributed by atoms with van der Waals surface area (Å²) < 4.78 is 6.82. The molecule has 0 aliphatic heterocycles. The topological polar surface area (TPSA) is 64.2 Å². The first-order chi connectivity index (χ1) is 12.0. The van der Waals surface area contributed by atoms with E-state index in [-0.39, 0.29) is 11.9 Å². The van der Waals surface area contributed by atoms with Crippen molar-refractivity contribution in [3.63, 3.8) is 0 Å². The molecule has 25 heavy (non-hydrogen) atoms. The molecule has 3 aromatic rings. The molecule has 0 spiro atoms. The summed E-state index contributed by atoms with van der Waals surface area (Å²) in [6.45, 7) is 6.64. The monoisotopic (exact) mass is 338 g/mol. The smallest absolute Gasteiger partial charge is 0.254 e. The summed E-state index contributed by atoms with van der Waals surface area (Å²) in [7, 11) is 1.77. The zero-order chi connectivity index (χ0) is 18.0. The molecule has 1 atom stereocenters. The summed E-state index contributed by atoms with van der Waals surface area (Å²) in [5, 5.41) is 8.37. The van der Waals surface area contributed by atoms with Gasteiger partial charge in [-0.15, -0.1) is 0 Å². The lowest BCUT2D eigenvalue weighted by atomic mass is 10.1. The minimum Gasteiger partial charge on any atom is -0.364 e. The predicted octanol–water partition coefficient (Wildman–Crippen LogP) is 3.37. The molecule has 2 heterocycles. The molecular weight excluding hydrogens is 316 g/mol. The lowest BCUT2D eigenvalue weighted by Crippen LogP contribution is -2.29. The highest BCUT2D eigenvalue weighted by Gasteiger charge is 2.20. The molecule has 0 N–H and O–H groups in total. The molecule has 0 unspecified atom stereocenters. The number of hydrogen-bond acceptors (Lipinski definition) is 4. The lowest BCUT2D eigenvalue weighted by molar-refractivity contribution is 0.0737. The van der Waals surface area contributed by atoms with Crippen LogP contribution in [-0.2, 0) is 6.54 Å². The normalized spacial score (nSPS) is 12.2. The highest BCUT2D eigenvalue weighted by Crippen LogP contribution is 2.19. The molecule has 6 nitrogen and oxygen atoms in total. The summed E-state index contributed by atoms with van der Waals surface area (Å²) in [5.41, 5.74) is 4.62. The molecule has 0 radical (unpaired) electrons. The number of carbonyl (C=O) groups excluding carboxylic acids is 1. The average Bonchev–Trinajstić information content (AvgIpc) is 3.24. The van der Waals surface area contributed by atoms with Crippen molar-refractivity contribution in [2.24, 2.45) is 0 Å². The Morgan fingerprint density at radius 2 is 1.96 bits per heavy atom. The van der Waals surface area contributed by atoms with Crippen LogP contribution in [0.25, 0.3) is 0 Å². The van der Waals surface area contributed by atoms with Gasteiger partial charge in [-0.1, -0.05) is 17.3 Å². The minimum absolute atomic E-state index is 0.0480. The molecule has 3 rings (SSSR count). The second-order valence-corrected chi connectivity index (χ2v) is 6.30. The van der Waals surface area contributed by atoms with Crippen molar-refractivity contribution in [1.29, 1.82) is 0 Å². The van der Waals surface area contributed by atoms with Gasteiger partial charge in [0.1, 0.15) is 12.0 Å². The van der Waals surface area contributed by atoms with Gasteiger partial charge in [-0.2, -0.15) is 5.10 Å². The number of aromatic nitrogens is 3. The van der Waals surface area contributed by atoms with E-state index in [1.165, 1.54) is 6.26 Å². The molecule has 0 saturated carbocycles. The van der Waals surface area contributed by atoms with Gasteiger partial charge in [0.25, 0.3) is 5.91 Å². The molecular formula is C19H22N4O2. The summed E-state index contributed by atoms with van der Waals surface area (Å²) in [5.74, 6) is -0.0480. The van der Waals surface area contributed by atoms with Gasteiger partial charge in [-0.05, 0) is 44.5 Å². The van der Waals surface area contributed by atoms with E-state index in [4.69, 9.17) is 4.52 Å². The Labute approximate surface area is 147 Å². The van der Waals surface area contributed by atoms with Crippen LogP contribution in [-0.4, -0.2) is 32.8 Å². The van der Waals surface area contributed by atoms with E-state index < -0.39 is 0 Å². The van der Waals surface area contributed by atoms with E-state index in [0.29, 0.717) is 12.1 Å². The zero-order valence-electron chi connectivity index (χ0n) is 14.9. The molecule has 0 fully saturated rings. The number of hydrogen-bond donors (Lipinski definition) is 0. The van der Waals surface area contributed by atoms with Crippen LogP contribution in [0.4, 0.5) is 0 Å². The van der Waals surface area contributed by atoms with Crippen LogP contribution < -0.4 is 0 Å². The molecule has 0 aliphatic carbocycles. The van der Waals surface area contributed by atoms with Crippen LogP contribution in [0.1, 0.15) is 46.0 Å². The Morgan fingerprint density at radius 3 is 2.52 bits per heavy atom. The second kappa shape index (κ2) is 6.93. The van der Waals surface area contributed by atoms with Crippen molar-refractivity contribution in [3.05, 3.63) is 70.9 Å². The van der Waals surface area contributed by atoms with E-state index >= 15 is 0 Å². The van der Waals surface area contributed by atoms with Gasteiger partial charge in [-0.25, -0.2) is 0 Å². The van der Waals surface area contributed by atoms with E-state index in [1.54, 1.807) is 18.0 Å². The first kappa shape index (κ1) is 17.0. The van der Waals surface area contributed by atoms with Crippen LogP contribution in [0.5, 0.6) is 0 Å². The summed E-state index contributed by atoms with van der Waals surface area (Å²) in [4.78, 5) is 14.3. The molecule has 0 saturated heterocycles. The number of rotatable bonds is 5. The van der Waals surface area contributed by atoms with Gasteiger partial charge >= 0.3 is 0 Å². The van der Waals surface area contributed by atoms with Gasteiger partial charge in [-0.3, -0.25) is 9.48 Å². The second-order valence-electron chi connectivity index (χ2n) is 6.30. The third-order valence-electron chi connectivity index (χ3n) is 4.42. The van der Waals surface area contributed by atoms with Crippen LogP contribution in [0.15, 0.2) is 47.2 Å². The molecule has 0 aliphatic rings. The van der Waals surface area contributed by atoms with Crippen molar-refractivity contribution < 1.29 is 9.32 Å². The number of carbonyl (C=O) groups is 1. The quantitative estimate of drug-likeness (QED) is 0.715. The summed E-state index contributed by atoms with van der Waals surface area (Å²) in [6.07, 6.45) is 1.51. The Morgan fingerprint density at radius 1 is 1.24 bits per heavy atom. The first-order valence-corrected chi connectivity index (χ1v) is 8.23. The molecule has 130 valence electrons. The number of benzene rings is 1. The maximum atomic E-state index is 12.7. The number of amides is 1. The number of nitrogens with zero attached hydrogens (tertiary/aromatic N) is 4. The SMILES string of the molecule is Cc1cc(C)n(Cc2ccc(C(=O)N(C)[C@@H](C)c3ccon3)cc2)n1. The van der Waals surface area contributed by atoms with Crippen LogP contribution in [0.3, 0.4) is 0 Å². The van der Waals surface area contributed by atoms with E-state index in [2.05, 4.69) is 16.3 Å². The summed E-state index contributed by atoms with van der Waals surface area (Å²) >= 11 is 0. The fourth-order valence-electron chi connectivity index (χ4n) is 2.78. The molecule has 0 bridgehead atoms. The van der Waals surface area contributed by atoms with Gasteiger partial charge in [0.05, 0.1) is 18.3 Å². The first-order valence-electron chi connectivity index (χ1n) is 8.23. The minimum atomic E-state index is -0.152. The average molecular weight is 338 g/mol. The third-order valence-corrected chi connectivity index (χ3v) is 4.42. The maximum Gasteiger partial charge on any atom is 0.254 e. The fourth-order valence-corrected chi connectivity index (χ4v) is 2.78. The Balaban J connectivity index is 1.71. The fraction of sp³-hybridized carbons (Fsp3) is 0.316. The summed E-state index contributed by atoms with van der Waals surface area (Å²) in [6, 6.07) is 11.3. The van der Waals surface area contributed by atoms with Gasteiger partial charge in [0, 0.05) is 24.4 Å². The van der Waals surface area contributed by atoms with Gasteiger partial charge < -0.3 is 9.42 Å². The number of aryl methyl sites for hydroxylation is 2. The van der Waals surface area contributed by atoms with Crippen molar-refractivity contribution in [3.8, 4) is 0 Å². The van der Waals surface area contributed by atoms with E-state index in [0.717, 1.165) is 22.6 Å². The molecule has 6 heteroatoms. The van der Waals surface area contributed by atoms with Crippen molar-refractivity contribution in [2.45, 2.75) is 33.4 Å². The van der Waals surface area contributed by atoms with Gasteiger partial charge in [0.15, 0.2) is 0 Å². The van der Waals surface area contributed by atoms with Gasteiger partial charge in [0.2, 0.25) is 0 Å². The molecule has 1 aromatic carbocycles. The van der Waals surface area contributed by atoms with E-state index in [9.17, 15) is 4.79 Å². The third kappa shape index (κ3) is 3.63. The van der Waals surface area contributed by atoms with Crippen LogP contribution >= 0.6 is 0 Å². The molecule has 1 amide bonds. The van der Waals surface area contributed by atoms with Crippen LogP contribution in [0, 0.1) is 13.8 Å². The maximum absolute atomic E-state index is 12.7. The van der Waals surface area contributed by atoms with Crippen LogP contribution in [0.2, 0.25) is 0 Å². The highest BCUT2D eigenvalue weighted by molar-refractivity contribution is 5.94. The lowest BCUT2D eigenvalue weighted by Gasteiger charge is -2.23. The standard InChI is InChI=1S/C19H22N4O2/c1-13-11-14(2)23(20-13)12-16-5-7-17(8-6-16)19(24)22(4)15(3)18-9-10-25-21-18/h5-11,15H,12H2,1-4H3/t15-/m0/s1. The largest absolute Gasteiger partial charge is 0.364 e. The van der Waals surface area contributed by atoms with E-state index in [1.807, 2.05) is 49.7 Å². The molecule has 2 aromatic heterocycles. The zero-order valence-corrected chi connectivity index (χ0v) is 14.9. The Hall–Kier alpha value is -2.89. The Bertz CT molecular complexity index is 850. The van der Waals surface area contributed by atoms with Crippen molar-refractivity contribution in [2.75, 3.05) is 7.05 Å². The van der Waals surface area contributed by atoms with Crippen molar-refractivity contribution >= 4 is 5.91 Å². The van der Waals surface area contributed by atoms with Crippen molar-refractivity contribution in [1.82, 2.24) is 19.8 Å².